The number of azo groups is 1. The van der Waals surface area contributed by atoms with Crippen molar-refractivity contribution >= 4 is 74.7 Å². The molecule has 35 heavy (non-hydrogen) atoms. The van der Waals surface area contributed by atoms with Crippen LogP contribution in [0.25, 0.3) is 10.9 Å². The van der Waals surface area contributed by atoms with Gasteiger partial charge in [0.2, 0.25) is 5.88 Å². The Labute approximate surface area is 213 Å². The third-order valence-electron chi connectivity index (χ3n) is 4.63. The first-order valence-electron chi connectivity index (χ1n) is 9.99. The van der Waals surface area contributed by atoms with Gasteiger partial charge in [0.15, 0.2) is 12.3 Å². The molecule has 3 aromatic carbocycles. The molecular formula is C23H16Cl3N5O4. The highest BCUT2D eigenvalue weighted by molar-refractivity contribution is 6.42. The van der Waals surface area contributed by atoms with Crippen LogP contribution in [0.15, 0.2) is 70.9 Å². The molecule has 12 heteroatoms. The molecular weight excluding hydrogens is 517 g/mol. The average molecular weight is 533 g/mol. The number of amides is 3. The molecule has 0 bridgehead atoms. The van der Waals surface area contributed by atoms with Crippen LogP contribution < -0.4 is 15.4 Å². The molecule has 0 radical (unpaired) electrons. The Morgan fingerprint density at radius 1 is 0.914 bits per heavy atom. The molecule has 0 saturated carbocycles. The van der Waals surface area contributed by atoms with Crippen molar-refractivity contribution in [1.29, 1.82) is 0 Å². The standard InChI is InChI=1S/C23H16Cl3N5O4/c24-12-1-8-19-16(9-12)21(22(33)29-19)31-30-20(32)11-35-15-5-2-13(3-6-15)27-23(34)28-14-4-7-17(25)18(26)10-14/h1-10,29,33H,11H2,(H2,27,28,34). The maximum atomic E-state index is 12.1. The number of rotatable bonds is 6. The molecule has 1 heterocycles. The first-order chi connectivity index (χ1) is 16.8. The minimum atomic E-state index is -0.663. The Kier molecular flexibility index (Phi) is 7.40. The molecule has 0 unspecified atom stereocenters. The number of urea groups is 1. The van der Waals surface area contributed by atoms with Gasteiger partial charge in [0.25, 0.3) is 0 Å². The summed E-state index contributed by atoms with van der Waals surface area (Å²) in [5, 5.41) is 24.4. The summed E-state index contributed by atoms with van der Waals surface area (Å²) in [6.07, 6.45) is 0. The van der Waals surface area contributed by atoms with E-state index < -0.39 is 11.9 Å². The van der Waals surface area contributed by atoms with E-state index in [0.29, 0.717) is 43.1 Å². The monoisotopic (exact) mass is 531 g/mol. The molecule has 178 valence electrons. The number of benzene rings is 3. The number of aromatic amines is 1. The van der Waals surface area contributed by atoms with E-state index in [1.54, 1.807) is 54.6 Å². The third-order valence-corrected chi connectivity index (χ3v) is 5.60. The fourth-order valence-corrected chi connectivity index (χ4v) is 3.49. The largest absolute Gasteiger partial charge is 0.493 e. The number of fused-ring (bicyclic) bond motifs is 1. The molecule has 0 aliphatic carbocycles. The molecule has 0 fully saturated rings. The van der Waals surface area contributed by atoms with Crippen molar-refractivity contribution in [2.24, 2.45) is 10.2 Å². The quantitative estimate of drug-likeness (QED) is 0.196. The summed E-state index contributed by atoms with van der Waals surface area (Å²) in [6, 6.07) is 15.5. The summed E-state index contributed by atoms with van der Waals surface area (Å²) in [5.41, 5.74) is 1.68. The van der Waals surface area contributed by atoms with E-state index in [1.807, 2.05) is 0 Å². The Morgan fingerprint density at radius 2 is 1.63 bits per heavy atom. The van der Waals surface area contributed by atoms with Gasteiger partial charge in [-0.2, -0.15) is 0 Å². The first kappa shape index (κ1) is 24.3. The summed E-state index contributed by atoms with van der Waals surface area (Å²) in [7, 11) is 0. The van der Waals surface area contributed by atoms with Gasteiger partial charge in [-0.05, 0) is 60.7 Å². The van der Waals surface area contributed by atoms with Gasteiger partial charge < -0.3 is 25.5 Å². The van der Waals surface area contributed by atoms with Crippen molar-refractivity contribution in [2.75, 3.05) is 17.2 Å². The van der Waals surface area contributed by atoms with Crippen LogP contribution in [0.5, 0.6) is 11.6 Å². The second-order valence-corrected chi connectivity index (χ2v) is 8.38. The molecule has 0 saturated heterocycles. The summed E-state index contributed by atoms with van der Waals surface area (Å²) >= 11 is 17.8. The lowest BCUT2D eigenvalue weighted by atomic mass is 10.2. The maximum absolute atomic E-state index is 12.1. The van der Waals surface area contributed by atoms with Gasteiger partial charge in [0.05, 0.1) is 15.6 Å². The topological polar surface area (TPSA) is 128 Å². The Balaban J connectivity index is 1.30. The van der Waals surface area contributed by atoms with Gasteiger partial charge in [-0.1, -0.05) is 34.8 Å². The number of hydrogen-bond acceptors (Lipinski definition) is 5. The predicted octanol–water partition coefficient (Wildman–Crippen LogP) is 7.17. The highest BCUT2D eigenvalue weighted by atomic mass is 35.5. The molecule has 0 aliphatic rings. The van der Waals surface area contributed by atoms with Crippen molar-refractivity contribution in [2.45, 2.75) is 0 Å². The number of carbonyl (C=O) groups is 2. The van der Waals surface area contributed by atoms with E-state index in [4.69, 9.17) is 39.5 Å². The van der Waals surface area contributed by atoms with Crippen LogP contribution >= 0.6 is 34.8 Å². The fourth-order valence-electron chi connectivity index (χ4n) is 3.02. The number of aromatic hydroxyl groups is 1. The molecule has 4 rings (SSSR count). The smallest absolute Gasteiger partial charge is 0.323 e. The summed E-state index contributed by atoms with van der Waals surface area (Å²) < 4.78 is 5.40. The Bertz CT molecular complexity index is 1440. The minimum Gasteiger partial charge on any atom is -0.493 e. The highest BCUT2D eigenvalue weighted by Crippen LogP contribution is 2.36. The predicted molar refractivity (Wildman–Crippen MR) is 136 cm³/mol. The number of nitrogens with zero attached hydrogens (tertiary/aromatic N) is 2. The van der Waals surface area contributed by atoms with E-state index in [9.17, 15) is 14.7 Å². The Morgan fingerprint density at radius 3 is 2.37 bits per heavy atom. The third kappa shape index (κ3) is 6.21. The summed E-state index contributed by atoms with van der Waals surface area (Å²) in [4.78, 5) is 26.9. The second kappa shape index (κ2) is 10.6. The molecule has 1 aromatic heterocycles. The lowest BCUT2D eigenvalue weighted by molar-refractivity contribution is -0.120. The molecule has 4 N–H and O–H groups in total. The van der Waals surface area contributed by atoms with Crippen LogP contribution in [-0.4, -0.2) is 28.6 Å². The fraction of sp³-hybridized carbons (Fsp3) is 0.0435. The van der Waals surface area contributed by atoms with Crippen molar-refractivity contribution in [3.8, 4) is 11.6 Å². The second-order valence-electron chi connectivity index (χ2n) is 7.13. The van der Waals surface area contributed by atoms with Crippen LogP contribution in [0, 0.1) is 0 Å². The summed E-state index contributed by atoms with van der Waals surface area (Å²) in [6.45, 7) is -0.377. The molecule has 0 aliphatic heterocycles. The number of nitrogens with one attached hydrogen (secondary N) is 3. The van der Waals surface area contributed by atoms with Crippen molar-refractivity contribution < 1.29 is 19.4 Å². The number of anilines is 2. The molecule has 0 spiro atoms. The number of ether oxygens (including phenoxy) is 1. The van der Waals surface area contributed by atoms with Gasteiger partial charge in [-0.15, -0.1) is 10.2 Å². The SMILES string of the molecule is O=C(COc1ccc(NC(=O)Nc2ccc(Cl)c(Cl)c2)cc1)N=Nc1c(O)[nH]c2ccc(Cl)cc12. The number of halogens is 3. The minimum absolute atomic E-state index is 0.102. The van der Waals surface area contributed by atoms with E-state index >= 15 is 0 Å². The lowest BCUT2D eigenvalue weighted by Gasteiger charge is -2.09. The van der Waals surface area contributed by atoms with Gasteiger partial charge >= 0.3 is 11.9 Å². The van der Waals surface area contributed by atoms with E-state index in [-0.39, 0.29) is 18.2 Å². The van der Waals surface area contributed by atoms with Gasteiger partial charge in [0.1, 0.15) is 5.75 Å². The zero-order valence-corrected chi connectivity index (χ0v) is 19.9. The number of aromatic nitrogens is 1. The zero-order valence-electron chi connectivity index (χ0n) is 17.7. The van der Waals surface area contributed by atoms with E-state index in [1.165, 1.54) is 6.07 Å². The van der Waals surface area contributed by atoms with Gasteiger partial charge in [0, 0.05) is 21.8 Å². The van der Waals surface area contributed by atoms with Crippen molar-refractivity contribution in [3.05, 3.63) is 75.7 Å². The van der Waals surface area contributed by atoms with Crippen LogP contribution in [0.1, 0.15) is 0 Å². The van der Waals surface area contributed by atoms with Crippen molar-refractivity contribution in [1.82, 2.24) is 4.98 Å². The van der Waals surface area contributed by atoms with Crippen LogP contribution in [0.4, 0.5) is 21.9 Å². The first-order valence-corrected chi connectivity index (χ1v) is 11.1. The van der Waals surface area contributed by atoms with Crippen LogP contribution in [0.2, 0.25) is 15.1 Å². The van der Waals surface area contributed by atoms with E-state index in [2.05, 4.69) is 25.8 Å². The van der Waals surface area contributed by atoms with E-state index in [0.717, 1.165) is 0 Å². The number of H-pyrrole nitrogens is 1. The van der Waals surface area contributed by atoms with Crippen molar-refractivity contribution in [3.63, 3.8) is 0 Å². The molecule has 3 amide bonds. The van der Waals surface area contributed by atoms with Crippen LogP contribution in [-0.2, 0) is 4.79 Å². The average Bonchev–Trinajstić information content (AvgIpc) is 3.13. The normalized spacial score (nSPS) is 11.1. The van der Waals surface area contributed by atoms with Crippen LogP contribution in [0.3, 0.4) is 0 Å². The lowest BCUT2D eigenvalue weighted by Crippen LogP contribution is -2.19. The van der Waals surface area contributed by atoms with Gasteiger partial charge in [-0.25, -0.2) is 4.79 Å². The number of hydrogen-bond donors (Lipinski definition) is 4. The highest BCUT2D eigenvalue weighted by Gasteiger charge is 2.12. The summed E-state index contributed by atoms with van der Waals surface area (Å²) in [5.74, 6) is -0.513. The maximum Gasteiger partial charge on any atom is 0.323 e. The number of carbonyl (C=O) groups excluding carboxylic acids is 2. The molecule has 4 aromatic rings. The van der Waals surface area contributed by atoms with Gasteiger partial charge in [-0.3, -0.25) is 4.79 Å². The molecule has 9 nitrogen and oxygen atoms in total. The Hall–Kier alpha value is -3.79. The molecule has 0 atom stereocenters. The zero-order chi connectivity index (χ0) is 24.9.